The van der Waals surface area contributed by atoms with Gasteiger partial charge in [-0.2, -0.15) is 0 Å². The normalized spacial score (nSPS) is 10.2. The molecule has 0 bridgehead atoms. The molecule has 5 heteroatoms. The molecule has 1 amide bonds. The molecule has 0 spiro atoms. The molecule has 0 saturated carbocycles. The summed E-state index contributed by atoms with van der Waals surface area (Å²) < 4.78 is 0. The minimum atomic E-state index is -0.969. The third kappa shape index (κ3) is 3.68. The number of carboxylic acids is 1. The third-order valence-electron chi connectivity index (χ3n) is 2.93. The molecule has 104 valence electrons. The molecule has 0 radical (unpaired) electrons. The maximum Gasteiger partial charge on any atom is 0.335 e. The highest BCUT2D eigenvalue weighted by Gasteiger charge is 2.08. The van der Waals surface area contributed by atoms with Crippen LogP contribution in [-0.4, -0.2) is 17.0 Å². The fraction of sp³-hybridized carbons (Fsp3) is 0.200. The van der Waals surface area contributed by atoms with Crippen molar-refractivity contribution < 1.29 is 14.7 Å². The number of carboxylic acid groups (broad SMARTS) is 1. The Labute approximate surface area is 121 Å². The van der Waals surface area contributed by atoms with E-state index in [0.717, 1.165) is 12.0 Å². The van der Waals surface area contributed by atoms with Gasteiger partial charge >= 0.3 is 5.97 Å². The first-order valence-electron chi connectivity index (χ1n) is 6.22. The fourth-order valence-corrected chi connectivity index (χ4v) is 2.55. The van der Waals surface area contributed by atoms with E-state index < -0.39 is 5.97 Å². The van der Waals surface area contributed by atoms with Crippen molar-refractivity contribution in [2.24, 2.45) is 0 Å². The zero-order valence-corrected chi connectivity index (χ0v) is 11.9. The zero-order valence-electron chi connectivity index (χ0n) is 11.1. The smallest absolute Gasteiger partial charge is 0.335 e. The van der Waals surface area contributed by atoms with E-state index >= 15 is 0 Å². The second kappa shape index (κ2) is 6.34. The van der Waals surface area contributed by atoms with Gasteiger partial charge < -0.3 is 10.4 Å². The number of aryl methyl sites for hydroxylation is 2. The van der Waals surface area contributed by atoms with Crippen molar-refractivity contribution in [3.63, 3.8) is 0 Å². The van der Waals surface area contributed by atoms with E-state index in [9.17, 15) is 9.59 Å². The quantitative estimate of drug-likeness (QED) is 0.887. The molecule has 4 nitrogen and oxygen atoms in total. The van der Waals surface area contributed by atoms with Crippen LogP contribution in [0, 0.1) is 6.92 Å². The van der Waals surface area contributed by atoms with Crippen LogP contribution in [0.5, 0.6) is 0 Å². The first kappa shape index (κ1) is 14.3. The van der Waals surface area contributed by atoms with Gasteiger partial charge in [0, 0.05) is 17.0 Å². The number of amides is 1. The Balaban J connectivity index is 1.95. The van der Waals surface area contributed by atoms with Crippen molar-refractivity contribution in [1.82, 2.24) is 0 Å². The number of aromatic carboxylic acids is 1. The number of anilines is 1. The molecule has 0 fully saturated rings. The molecule has 0 aliphatic rings. The van der Waals surface area contributed by atoms with Gasteiger partial charge in [0.25, 0.3) is 0 Å². The summed E-state index contributed by atoms with van der Waals surface area (Å²) in [6.45, 7) is 1.78. The van der Waals surface area contributed by atoms with E-state index in [1.54, 1.807) is 30.4 Å². The predicted molar refractivity (Wildman–Crippen MR) is 79.4 cm³/mol. The summed E-state index contributed by atoms with van der Waals surface area (Å²) in [5.41, 5.74) is 1.62. The Kier molecular flexibility index (Phi) is 4.53. The van der Waals surface area contributed by atoms with Gasteiger partial charge in [-0.3, -0.25) is 4.79 Å². The number of hydrogen-bond donors (Lipinski definition) is 2. The lowest BCUT2D eigenvalue weighted by Crippen LogP contribution is -2.13. The number of carbonyl (C=O) groups is 2. The first-order valence-corrected chi connectivity index (χ1v) is 7.10. The molecule has 0 saturated heterocycles. The van der Waals surface area contributed by atoms with Gasteiger partial charge in [-0.25, -0.2) is 4.79 Å². The molecule has 2 N–H and O–H groups in total. The number of nitrogens with one attached hydrogen (secondary N) is 1. The molecule has 0 aliphatic heterocycles. The van der Waals surface area contributed by atoms with Gasteiger partial charge in [-0.15, -0.1) is 11.3 Å². The lowest BCUT2D eigenvalue weighted by atomic mass is 10.1. The topological polar surface area (TPSA) is 66.4 Å². The van der Waals surface area contributed by atoms with E-state index in [-0.39, 0.29) is 11.5 Å². The number of rotatable bonds is 5. The minimum Gasteiger partial charge on any atom is -0.478 e. The Morgan fingerprint density at radius 2 is 2.10 bits per heavy atom. The second-order valence-corrected chi connectivity index (χ2v) is 5.49. The van der Waals surface area contributed by atoms with Crippen molar-refractivity contribution in [3.05, 3.63) is 51.7 Å². The van der Waals surface area contributed by atoms with Gasteiger partial charge in [0.1, 0.15) is 0 Å². The SMILES string of the molecule is Cc1cc(C(=O)O)ccc1NC(=O)CCc1cccs1. The van der Waals surface area contributed by atoms with Crippen LogP contribution >= 0.6 is 11.3 Å². The summed E-state index contributed by atoms with van der Waals surface area (Å²) in [5, 5.41) is 13.7. The summed E-state index contributed by atoms with van der Waals surface area (Å²) >= 11 is 1.63. The van der Waals surface area contributed by atoms with Gasteiger partial charge in [0.15, 0.2) is 0 Å². The van der Waals surface area contributed by atoms with Crippen LogP contribution in [-0.2, 0) is 11.2 Å². The molecule has 2 aromatic rings. The summed E-state index contributed by atoms with van der Waals surface area (Å²) in [7, 11) is 0. The number of benzene rings is 1. The van der Waals surface area contributed by atoms with E-state index in [1.807, 2.05) is 17.5 Å². The zero-order chi connectivity index (χ0) is 14.5. The molecule has 1 heterocycles. The standard InChI is InChI=1S/C15H15NO3S/c1-10-9-11(15(18)19)4-6-13(10)16-14(17)7-5-12-3-2-8-20-12/h2-4,6,8-9H,5,7H2,1H3,(H,16,17)(H,18,19). The van der Waals surface area contributed by atoms with E-state index in [1.165, 1.54) is 10.9 Å². The fourth-order valence-electron chi connectivity index (χ4n) is 1.84. The molecular formula is C15H15NO3S. The summed E-state index contributed by atoms with van der Waals surface area (Å²) in [6.07, 6.45) is 1.14. The third-order valence-corrected chi connectivity index (χ3v) is 3.86. The van der Waals surface area contributed by atoms with Gasteiger partial charge in [-0.1, -0.05) is 6.07 Å². The van der Waals surface area contributed by atoms with Crippen molar-refractivity contribution in [3.8, 4) is 0 Å². The largest absolute Gasteiger partial charge is 0.478 e. The molecule has 20 heavy (non-hydrogen) atoms. The highest BCUT2D eigenvalue weighted by Crippen LogP contribution is 2.17. The van der Waals surface area contributed by atoms with Gasteiger partial charge in [-0.05, 0) is 48.6 Å². The predicted octanol–water partition coefficient (Wildman–Crippen LogP) is 3.33. The monoisotopic (exact) mass is 289 g/mol. The average molecular weight is 289 g/mol. The van der Waals surface area contributed by atoms with Crippen LogP contribution in [0.15, 0.2) is 35.7 Å². The average Bonchev–Trinajstić information content (AvgIpc) is 2.91. The number of thiophene rings is 1. The van der Waals surface area contributed by atoms with Crippen LogP contribution in [0.3, 0.4) is 0 Å². The van der Waals surface area contributed by atoms with Crippen molar-refractivity contribution in [2.45, 2.75) is 19.8 Å². The van der Waals surface area contributed by atoms with Crippen LogP contribution in [0.1, 0.15) is 27.2 Å². The molecule has 0 atom stereocenters. The van der Waals surface area contributed by atoms with Crippen LogP contribution in [0.25, 0.3) is 0 Å². The molecule has 0 unspecified atom stereocenters. The van der Waals surface area contributed by atoms with Crippen molar-refractivity contribution >= 4 is 28.9 Å². The minimum absolute atomic E-state index is 0.0652. The maximum atomic E-state index is 11.9. The Morgan fingerprint density at radius 1 is 1.30 bits per heavy atom. The molecule has 0 aliphatic carbocycles. The Hall–Kier alpha value is -2.14. The Morgan fingerprint density at radius 3 is 2.70 bits per heavy atom. The summed E-state index contributed by atoms with van der Waals surface area (Å²) in [4.78, 5) is 23.9. The summed E-state index contributed by atoms with van der Waals surface area (Å²) in [5.74, 6) is -1.03. The van der Waals surface area contributed by atoms with Gasteiger partial charge in [0.05, 0.1) is 5.56 Å². The van der Waals surface area contributed by atoms with E-state index in [2.05, 4.69) is 5.32 Å². The lowest BCUT2D eigenvalue weighted by molar-refractivity contribution is -0.116. The number of carbonyl (C=O) groups excluding carboxylic acids is 1. The molecular weight excluding hydrogens is 274 g/mol. The van der Waals surface area contributed by atoms with Gasteiger partial charge in [0.2, 0.25) is 5.91 Å². The first-order chi connectivity index (χ1) is 9.56. The second-order valence-electron chi connectivity index (χ2n) is 4.46. The van der Waals surface area contributed by atoms with Crippen molar-refractivity contribution in [2.75, 3.05) is 5.32 Å². The molecule has 1 aromatic carbocycles. The van der Waals surface area contributed by atoms with E-state index in [0.29, 0.717) is 12.1 Å². The highest BCUT2D eigenvalue weighted by atomic mass is 32.1. The lowest BCUT2D eigenvalue weighted by Gasteiger charge is -2.08. The number of hydrogen-bond acceptors (Lipinski definition) is 3. The maximum absolute atomic E-state index is 11.9. The van der Waals surface area contributed by atoms with Crippen LogP contribution in [0.4, 0.5) is 5.69 Å². The molecule has 2 rings (SSSR count). The Bertz CT molecular complexity index is 620. The molecule has 1 aromatic heterocycles. The van der Waals surface area contributed by atoms with Crippen LogP contribution < -0.4 is 5.32 Å². The summed E-state index contributed by atoms with van der Waals surface area (Å²) in [6, 6.07) is 8.64. The highest BCUT2D eigenvalue weighted by molar-refractivity contribution is 7.09. The van der Waals surface area contributed by atoms with Crippen LogP contribution in [0.2, 0.25) is 0 Å². The van der Waals surface area contributed by atoms with E-state index in [4.69, 9.17) is 5.11 Å². The van der Waals surface area contributed by atoms with Crippen molar-refractivity contribution in [1.29, 1.82) is 0 Å².